The molecule has 0 radical (unpaired) electrons. The lowest BCUT2D eigenvalue weighted by molar-refractivity contribution is 0.126. The van der Waals surface area contributed by atoms with Gasteiger partial charge in [0.1, 0.15) is 0 Å². The zero-order chi connectivity index (χ0) is 19.2. The summed E-state index contributed by atoms with van der Waals surface area (Å²) in [6.07, 6.45) is 2.64. The number of hydrogen-bond donors (Lipinski definition) is 1. The van der Waals surface area contributed by atoms with Crippen LogP contribution in [0.5, 0.6) is 17.2 Å². The average Bonchev–Trinajstić information content (AvgIpc) is 2.73. The van der Waals surface area contributed by atoms with Gasteiger partial charge in [0, 0.05) is 50.0 Å². The van der Waals surface area contributed by atoms with Gasteiger partial charge in [-0.1, -0.05) is 0 Å². The predicted molar refractivity (Wildman–Crippen MR) is 116 cm³/mol. The minimum Gasteiger partial charge on any atom is -0.493 e. The van der Waals surface area contributed by atoms with Gasteiger partial charge in [0.2, 0.25) is 5.75 Å². The van der Waals surface area contributed by atoms with Crippen LogP contribution in [0, 0.1) is 0 Å². The van der Waals surface area contributed by atoms with Gasteiger partial charge in [0.25, 0.3) is 0 Å². The van der Waals surface area contributed by atoms with Crippen LogP contribution in [0.1, 0.15) is 12.8 Å². The van der Waals surface area contributed by atoms with Crippen LogP contribution in [0.25, 0.3) is 0 Å². The summed E-state index contributed by atoms with van der Waals surface area (Å²) in [5.74, 6) is 4.40. The second kappa shape index (κ2) is 9.71. The molecule has 2 fully saturated rings. The van der Waals surface area contributed by atoms with E-state index in [0.717, 1.165) is 43.0 Å². The highest BCUT2D eigenvalue weighted by atomic mass is 32.2. The molecule has 2 aliphatic rings. The topological polar surface area (TPSA) is 46.2 Å². The highest BCUT2D eigenvalue weighted by molar-refractivity contribution is 7.99. The monoisotopic (exact) mass is 411 g/mol. The Bertz CT molecular complexity index is 620. The fraction of sp³-hybridized carbons (Fsp3) is 0.632. The van der Waals surface area contributed by atoms with Crippen LogP contribution in [0.3, 0.4) is 0 Å². The van der Waals surface area contributed by atoms with Crippen LogP contribution in [0.2, 0.25) is 0 Å². The van der Waals surface area contributed by atoms with Crippen LogP contribution in [-0.2, 0) is 0 Å². The molecule has 0 bridgehead atoms. The molecule has 0 spiro atoms. The van der Waals surface area contributed by atoms with Gasteiger partial charge in [-0.2, -0.15) is 11.8 Å². The van der Waals surface area contributed by atoms with E-state index in [1.165, 1.54) is 24.3 Å². The summed E-state index contributed by atoms with van der Waals surface area (Å²) in [6, 6.07) is 4.51. The van der Waals surface area contributed by atoms with Gasteiger partial charge in [-0.25, -0.2) is 0 Å². The van der Waals surface area contributed by atoms with Crippen LogP contribution >= 0.6 is 24.0 Å². The summed E-state index contributed by atoms with van der Waals surface area (Å²) < 4.78 is 16.2. The minimum absolute atomic E-state index is 0.579. The normalized spacial score (nSPS) is 18.9. The molecule has 0 amide bonds. The Kier molecular flexibility index (Phi) is 7.32. The first-order chi connectivity index (χ1) is 13.2. The van der Waals surface area contributed by atoms with Crippen molar-refractivity contribution < 1.29 is 14.2 Å². The number of rotatable bonds is 5. The zero-order valence-electron chi connectivity index (χ0n) is 16.3. The van der Waals surface area contributed by atoms with Crippen LogP contribution in [0.4, 0.5) is 5.69 Å². The van der Waals surface area contributed by atoms with E-state index in [-0.39, 0.29) is 0 Å². The minimum atomic E-state index is 0.579. The maximum absolute atomic E-state index is 5.65. The molecule has 2 aliphatic heterocycles. The Balaban J connectivity index is 1.59. The first-order valence-electron chi connectivity index (χ1n) is 9.34. The molecule has 2 saturated heterocycles. The molecule has 1 N–H and O–H groups in total. The maximum Gasteiger partial charge on any atom is 0.203 e. The van der Waals surface area contributed by atoms with E-state index in [9.17, 15) is 0 Å². The molecule has 150 valence electrons. The number of thiocarbonyl (C=S) groups is 1. The summed E-state index contributed by atoms with van der Waals surface area (Å²) in [7, 11) is 4.83. The van der Waals surface area contributed by atoms with Crippen molar-refractivity contribution in [3.63, 3.8) is 0 Å². The lowest BCUT2D eigenvalue weighted by Gasteiger charge is -2.41. The lowest BCUT2D eigenvalue weighted by Crippen LogP contribution is -2.53. The van der Waals surface area contributed by atoms with Crippen LogP contribution in [-0.4, -0.2) is 80.0 Å². The fourth-order valence-corrected chi connectivity index (χ4v) is 5.08. The molecular formula is C19H29N3O3S2. The Morgan fingerprint density at radius 2 is 1.59 bits per heavy atom. The van der Waals surface area contributed by atoms with Crippen molar-refractivity contribution in [2.24, 2.45) is 0 Å². The third-order valence-electron chi connectivity index (χ3n) is 5.22. The van der Waals surface area contributed by atoms with Crippen molar-refractivity contribution in [2.45, 2.75) is 18.9 Å². The van der Waals surface area contributed by atoms with Crippen molar-refractivity contribution in [1.29, 1.82) is 0 Å². The van der Waals surface area contributed by atoms with Crippen molar-refractivity contribution in [2.75, 3.05) is 64.3 Å². The van der Waals surface area contributed by atoms with Crippen molar-refractivity contribution >= 4 is 34.8 Å². The summed E-state index contributed by atoms with van der Waals surface area (Å²) in [5.41, 5.74) is 0.834. The van der Waals surface area contributed by atoms with Gasteiger partial charge < -0.3 is 24.4 Å². The zero-order valence-corrected chi connectivity index (χ0v) is 18.0. The summed E-state index contributed by atoms with van der Waals surface area (Å²) in [6.45, 7) is 4.07. The number of anilines is 1. The van der Waals surface area contributed by atoms with Gasteiger partial charge in [-0.05, 0) is 36.6 Å². The van der Waals surface area contributed by atoms with E-state index >= 15 is 0 Å². The molecule has 0 aliphatic carbocycles. The third kappa shape index (κ3) is 4.92. The van der Waals surface area contributed by atoms with Gasteiger partial charge in [-0.15, -0.1) is 0 Å². The van der Waals surface area contributed by atoms with Crippen molar-refractivity contribution in [1.82, 2.24) is 9.80 Å². The largest absolute Gasteiger partial charge is 0.493 e. The van der Waals surface area contributed by atoms with Crippen molar-refractivity contribution in [3.8, 4) is 17.2 Å². The van der Waals surface area contributed by atoms with Gasteiger partial charge in [0.05, 0.1) is 21.3 Å². The first kappa shape index (κ1) is 20.4. The van der Waals surface area contributed by atoms with Crippen molar-refractivity contribution in [3.05, 3.63) is 12.1 Å². The summed E-state index contributed by atoms with van der Waals surface area (Å²) in [4.78, 5) is 4.88. The highest BCUT2D eigenvalue weighted by Crippen LogP contribution is 2.40. The Hall–Kier alpha value is -1.38. The van der Waals surface area contributed by atoms with E-state index in [2.05, 4.69) is 26.9 Å². The number of methoxy groups -OCH3 is 3. The Morgan fingerprint density at radius 1 is 1.00 bits per heavy atom. The average molecular weight is 412 g/mol. The molecule has 6 nitrogen and oxygen atoms in total. The fourth-order valence-electron chi connectivity index (χ4n) is 3.70. The molecular weight excluding hydrogens is 382 g/mol. The third-order valence-corrected chi connectivity index (χ3v) is 6.63. The second-order valence-corrected chi connectivity index (χ2v) is 8.32. The van der Waals surface area contributed by atoms with Gasteiger partial charge in [-0.3, -0.25) is 4.90 Å². The van der Waals surface area contributed by atoms with E-state index in [0.29, 0.717) is 17.2 Å². The van der Waals surface area contributed by atoms with Gasteiger partial charge >= 0.3 is 0 Å². The first-order valence-corrected chi connectivity index (χ1v) is 10.9. The number of benzene rings is 1. The standard InChI is InChI=1S/C19H29N3O3S2/c1-23-16-12-14(13-17(24-2)18(16)25-3)20-19(26)22-8-6-21(7-9-22)15-4-10-27-11-5-15/h12-13,15H,4-11H2,1-3H3,(H,20,26). The highest BCUT2D eigenvalue weighted by Gasteiger charge is 2.26. The molecule has 0 unspecified atom stereocenters. The van der Waals surface area contributed by atoms with E-state index in [1.807, 2.05) is 12.1 Å². The number of nitrogens with one attached hydrogen (secondary N) is 1. The quantitative estimate of drug-likeness (QED) is 0.742. The number of piperazine rings is 1. The molecule has 0 saturated carbocycles. The molecule has 27 heavy (non-hydrogen) atoms. The van der Waals surface area contributed by atoms with Gasteiger partial charge in [0.15, 0.2) is 16.6 Å². The molecule has 8 heteroatoms. The molecule has 1 aromatic carbocycles. The molecule has 2 heterocycles. The lowest BCUT2D eigenvalue weighted by atomic mass is 10.1. The Labute approximate surface area is 171 Å². The predicted octanol–water partition coefficient (Wildman–Crippen LogP) is 2.92. The molecule has 1 aromatic rings. The number of nitrogens with zero attached hydrogens (tertiary/aromatic N) is 2. The SMILES string of the molecule is COc1cc(NC(=S)N2CCN(C3CCSCC3)CC2)cc(OC)c1OC. The molecule has 3 rings (SSSR count). The number of ether oxygens (including phenoxy) is 3. The molecule has 0 atom stereocenters. The van der Waals surface area contributed by atoms with E-state index < -0.39 is 0 Å². The molecule has 0 aromatic heterocycles. The number of thioether (sulfide) groups is 1. The van der Waals surface area contributed by atoms with E-state index in [1.54, 1.807) is 21.3 Å². The van der Waals surface area contributed by atoms with E-state index in [4.69, 9.17) is 26.4 Å². The maximum atomic E-state index is 5.65. The van der Waals surface area contributed by atoms with Crippen LogP contribution in [0.15, 0.2) is 12.1 Å². The second-order valence-electron chi connectivity index (χ2n) is 6.71. The van der Waals surface area contributed by atoms with Crippen LogP contribution < -0.4 is 19.5 Å². The Morgan fingerprint density at radius 3 is 2.11 bits per heavy atom. The number of hydrogen-bond acceptors (Lipinski definition) is 6. The summed E-state index contributed by atoms with van der Waals surface area (Å²) >= 11 is 7.73. The smallest absolute Gasteiger partial charge is 0.203 e. The summed E-state index contributed by atoms with van der Waals surface area (Å²) in [5, 5.41) is 4.07.